The summed E-state index contributed by atoms with van der Waals surface area (Å²) in [5.74, 6) is -0.544. The molecule has 0 spiro atoms. The maximum Gasteiger partial charge on any atom is 0.268 e. The standard InChI is InChI=1S/C23H22FN5O3/c1-2-20(30)28-11-8-18-15(13-28)14-29(17-6-4-16(24)5-7-17)23(32)21(18)22(31)27-12-19-25-9-3-10-26-19/h3-7,9-10,14H,2,8,11-13H2,1H3,(H,27,31). The summed E-state index contributed by atoms with van der Waals surface area (Å²) in [5, 5.41) is 2.72. The number of benzene rings is 1. The average molecular weight is 435 g/mol. The first kappa shape index (κ1) is 21.4. The zero-order valence-corrected chi connectivity index (χ0v) is 17.5. The number of carbonyl (C=O) groups excluding carboxylic acids is 2. The van der Waals surface area contributed by atoms with Gasteiger partial charge in [-0.1, -0.05) is 6.92 Å². The van der Waals surface area contributed by atoms with Crippen LogP contribution in [0.25, 0.3) is 5.69 Å². The van der Waals surface area contributed by atoms with Crippen LogP contribution in [0.2, 0.25) is 0 Å². The maximum atomic E-state index is 13.4. The monoisotopic (exact) mass is 435 g/mol. The normalized spacial score (nSPS) is 12.9. The third-order valence-electron chi connectivity index (χ3n) is 5.41. The van der Waals surface area contributed by atoms with E-state index in [2.05, 4.69) is 15.3 Å². The number of pyridine rings is 1. The molecule has 0 aliphatic carbocycles. The Kier molecular flexibility index (Phi) is 6.07. The number of rotatable bonds is 5. The van der Waals surface area contributed by atoms with E-state index in [4.69, 9.17) is 0 Å². The van der Waals surface area contributed by atoms with Crippen molar-refractivity contribution in [2.45, 2.75) is 32.9 Å². The molecule has 3 heterocycles. The van der Waals surface area contributed by atoms with Gasteiger partial charge in [0, 0.05) is 43.8 Å². The second-order valence-electron chi connectivity index (χ2n) is 7.43. The highest BCUT2D eigenvalue weighted by Gasteiger charge is 2.28. The lowest BCUT2D eigenvalue weighted by Gasteiger charge is -2.30. The summed E-state index contributed by atoms with van der Waals surface area (Å²) < 4.78 is 14.7. The van der Waals surface area contributed by atoms with Crippen LogP contribution >= 0.6 is 0 Å². The molecule has 164 valence electrons. The van der Waals surface area contributed by atoms with E-state index in [1.54, 1.807) is 36.5 Å². The van der Waals surface area contributed by atoms with Gasteiger partial charge in [0.25, 0.3) is 11.5 Å². The Morgan fingerprint density at radius 1 is 1.16 bits per heavy atom. The van der Waals surface area contributed by atoms with Gasteiger partial charge in [0.1, 0.15) is 17.2 Å². The lowest BCUT2D eigenvalue weighted by atomic mass is 9.95. The van der Waals surface area contributed by atoms with Crippen molar-refractivity contribution in [3.05, 3.63) is 87.6 Å². The van der Waals surface area contributed by atoms with Gasteiger partial charge in [-0.25, -0.2) is 14.4 Å². The quantitative estimate of drug-likeness (QED) is 0.661. The third-order valence-corrected chi connectivity index (χ3v) is 5.41. The summed E-state index contributed by atoms with van der Waals surface area (Å²) in [4.78, 5) is 48.5. The Labute approximate surface area is 183 Å². The van der Waals surface area contributed by atoms with E-state index >= 15 is 0 Å². The SMILES string of the molecule is CCC(=O)N1CCc2c(cn(-c3ccc(F)cc3)c(=O)c2C(=O)NCc2ncccn2)C1. The molecule has 1 aromatic carbocycles. The van der Waals surface area contributed by atoms with Crippen LogP contribution in [0.1, 0.15) is 40.7 Å². The highest BCUT2D eigenvalue weighted by atomic mass is 19.1. The minimum atomic E-state index is -0.537. The molecule has 0 unspecified atom stereocenters. The summed E-state index contributed by atoms with van der Waals surface area (Å²) in [5.41, 5.74) is 1.28. The number of nitrogens with zero attached hydrogens (tertiary/aromatic N) is 4. The Balaban J connectivity index is 1.76. The fraction of sp³-hybridized carbons (Fsp3) is 0.261. The lowest BCUT2D eigenvalue weighted by molar-refractivity contribution is -0.131. The smallest absolute Gasteiger partial charge is 0.268 e. The molecule has 0 fully saturated rings. The molecule has 0 saturated heterocycles. The van der Waals surface area contributed by atoms with Crippen molar-refractivity contribution in [2.75, 3.05) is 6.54 Å². The number of aromatic nitrogens is 3. The van der Waals surface area contributed by atoms with Crippen molar-refractivity contribution in [3.8, 4) is 5.69 Å². The number of fused-ring (bicyclic) bond motifs is 1. The molecular weight excluding hydrogens is 413 g/mol. The Bertz CT molecular complexity index is 1210. The number of amides is 2. The fourth-order valence-electron chi connectivity index (χ4n) is 3.79. The molecule has 9 heteroatoms. The first-order valence-corrected chi connectivity index (χ1v) is 10.3. The number of hydrogen-bond acceptors (Lipinski definition) is 5. The van der Waals surface area contributed by atoms with Gasteiger partial charge in [0.05, 0.1) is 6.54 Å². The largest absolute Gasteiger partial charge is 0.345 e. The van der Waals surface area contributed by atoms with Crippen LogP contribution in [-0.4, -0.2) is 37.8 Å². The van der Waals surface area contributed by atoms with E-state index in [9.17, 15) is 18.8 Å². The molecule has 1 aliphatic heterocycles. The molecule has 0 saturated carbocycles. The predicted octanol–water partition coefficient (Wildman–Crippen LogP) is 1.99. The molecule has 0 radical (unpaired) electrons. The van der Waals surface area contributed by atoms with E-state index in [0.29, 0.717) is 48.6 Å². The van der Waals surface area contributed by atoms with Crippen LogP contribution in [0.4, 0.5) is 4.39 Å². The third kappa shape index (κ3) is 4.27. The molecule has 0 atom stereocenters. The first-order valence-electron chi connectivity index (χ1n) is 10.3. The van der Waals surface area contributed by atoms with Crippen molar-refractivity contribution in [1.82, 2.24) is 24.8 Å². The second kappa shape index (κ2) is 9.09. The van der Waals surface area contributed by atoms with Gasteiger partial charge < -0.3 is 10.2 Å². The van der Waals surface area contributed by atoms with E-state index < -0.39 is 17.3 Å². The number of carbonyl (C=O) groups is 2. The Morgan fingerprint density at radius 3 is 2.56 bits per heavy atom. The molecule has 1 N–H and O–H groups in total. The number of hydrogen-bond donors (Lipinski definition) is 1. The summed E-state index contributed by atoms with van der Waals surface area (Å²) in [6.07, 6.45) is 5.54. The van der Waals surface area contributed by atoms with Gasteiger partial charge in [-0.2, -0.15) is 0 Å². The molecule has 4 rings (SSSR count). The van der Waals surface area contributed by atoms with Gasteiger partial charge in [-0.05, 0) is 47.9 Å². The highest BCUT2D eigenvalue weighted by molar-refractivity contribution is 5.96. The zero-order chi connectivity index (χ0) is 22.7. The average Bonchev–Trinajstić information content (AvgIpc) is 2.82. The van der Waals surface area contributed by atoms with Gasteiger partial charge in [0.2, 0.25) is 5.91 Å². The van der Waals surface area contributed by atoms with Gasteiger partial charge >= 0.3 is 0 Å². The predicted molar refractivity (Wildman–Crippen MR) is 115 cm³/mol. The van der Waals surface area contributed by atoms with Crippen molar-refractivity contribution in [1.29, 1.82) is 0 Å². The van der Waals surface area contributed by atoms with Crippen LogP contribution < -0.4 is 10.9 Å². The van der Waals surface area contributed by atoms with Crippen molar-refractivity contribution < 1.29 is 14.0 Å². The summed E-state index contributed by atoms with van der Waals surface area (Å²) in [6, 6.07) is 7.12. The molecular formula is C23H22FN5O3. The fourth-order valence-corrected chi connectivity index (χ4v) is 3.79. The topological polar surface area (TPSA) is 97.2 Å². The van der Waals surface area contributed by atoms with E-state index in [1.165, 1.54) is 28.8 Å². The molecule has 3 aromatic rings. The summed E-state index contributed by atoms with van der Waals surface area (Å²) >= 11 is 0. The van der Waals surface area contributed by atoms with Crippen LogP contribution in [0.3, 0.4) is 0 Å². The van der Waals surface area contributed by atoms with Crippen molar-refractivity contribution >= 4 is 11.8 Å². The summed E-state index contributed by atoms with van der Waals surface area (Å²) in [7, 11) is 0. The molecule has 1 aliphatic rings. The molecule has 2 amide bonds. The lowest BCUT2D eigenvalue weighted by Crippen LogP contribution is -2.41. The Hall–Kier alpha value is -3.88. The van der Waals surface area contributed by atoms with E-state index in [1.807, 2.05) is 0 Å². The van der Waals surface area contributed by atoms with Crippen molar-refractivity contribution in [3.63, 3.8) is 0 Å². The van der Waals surface area contributed by atoms with Gasteiger partial charge in [-0.3, -0.25) is 19.0 Å². The molecule has 2 aromatic heterocycles. The molecule has 8 nitrogen and oxygen atoms in total. The van der Waals surface area contributed by atoms with E-state index in [0.717, 1.165) is 0 Å². The minimum Gasteiger partial charge on any atom is -0.345 e. The number of halogens is 1. The van der Waals surface area contributed by atoms with Crippen molar-refractivity contribution in [2.24, 2.45) is 0 Å². The first-order chi connectivity index (χ1) is 15.5. The van der Waals surface area contributed by atoms with E-state index in [-0.39, 0.29) is 18.0 Å². The maximum absolute atomic E-state index is 13.4. The highest BCUT2D eigenvalue weighted by Crippen LogP contribution is 2.23. The van der Waals surface area contributed by atoms with Gasteiger partial charge in [-0.15, -0.1) is 0 Å². The van der Waals surface area contributed by atoms with Crippen LogP contribution in [0, 0.1) is 5.82 Å². The van der Waals surface area contributed by atoms with Crippen LogP contribution in [-0.2, 0) is 24.3 Å². The number of nitrogens with one attached hydrogen (secondary N) is 1. The zero-order valence-electron chi connectivity index (χ0n) is 17.5. The minimum absolute atomic E-state index is 0.00223. The van der Waals surface area contributed by atoms with Gasteiger partial charge in [0.15, 0.2) is 0 Å². The Morgan fingerprint density at radius 2 is 1.88 bits per heavy atom. The molecule has 32 heavy (non-hydrogen) atoms. The second-order valence-corrected chi connectivity index (χ2v) is 7.43. The molecule has 0 bridgehead atoms. The van der Waals surface area contributed by atoms with Crippen LogP contribution in [0.15, 0.2) is 53.7 Å². The summed E-state index contributed by atoms with van der Waals surface area (Å²) in [6.45, 7) is 2.59. The van der Waals surface area contributed by atoms with Crippen LogP contribution in [0.5, 0.6) is 0 Å².